The van der Waals surface area contributed by atoms with E-state index in [0.717, 1.165) is 11.8 Å². The first-order valence-electron chi connectivity index (χ1n) is 5.54. The van der Waals surface area contributed by atoms with Gasteiger partial charge < -0.3 is 10.0 Å². The number of benzene rings is 1. The molecular weight excluding hydrogens is 309 g/mol. The monoisotopic (exact) mass is 319 g/mol. The van der Waals surface area contributed by atoms with Crippen molar-refractivity contribution < 1.29 is 14.7 Å². The van der Waals surface area contributed by atoms with Crippen LogP contribution in [0.2, 0.25) is 10.0 Å². The number of aromatic hydroxyl groups is 1. The summed E-state index contributed by atoms with van der Waals surface area (Å²) in [7, 11) is 0. The van der Waals surface area contributed by atoms with E-state index in [0.29, 0.717) is 18.7 Å². The van der Waals surface area contributed by atoms with Gasteiger partial charge in [0.05, 0.1) is 10.0 Å². The number of carbonyl (C=O) groups is 2. The Morgan fingerprint density at radius 1 is 1.42 bits per heavy atom. The third-order valence-corrected chi connectivity index (χ3v) is 4.29. The van der Waals surface area contributed by atoms with Crippen molar-refractivity contribution in [3.63, 3.8) is 0 Å². The Morgan fingerprint density at radius 3 is 2.53 bits per heavy atom. The van der Waals surface area contributed by atoms with Gasteiger partial charge in [0.15, 0.2) is 10.9 Å². The summed E-state index contributed by atoms with van der Waals surface area (Å²) in [5.41, 5.74) is 0.532. The minimum Gasteiger partial charge on any atom is -0.505 e. The zero-order valence-corrected chi connectivity index (χ0v) is 12.3. The average Bonchev–Trinajstić information content (AvgIpc) is 2.65. The fourth-order valence-electron chi connectivity index (χ4n) is 1.95. The topological polar surface area (TPSA) is 57.6 Å². The molecule has 0 radical (unpaired) electrons. The smallest absolute Gasteiger partial charge is 0.228 e. The van der Waals surface area contributed by atoms with Crippen LogP contribution in [0.15, 0.2) is 12.1 Å². The molecule has 0 bridgehead atoms. The molecule has 1 aromatic rings. The normalized spacial score (nSPS) is 19.0. The summed E-state index contributed by atoms with van der Waals surface area (Å²) in [5, 5.41) is 9.61. The quantitative estimate of drug-likeness (QED) is 0.910. The maximum atomic E-state index is 11.9. The highest BCUT2D eigenvalue weighted by molar-refractivity contribution is 8.14. The van der Waals surface area contributed by atoms with Crippen molar-refractivity contribution in [1.82, 2.24) is 0 Å². The first kappa shape index (κ1) is 14.5. The van der Waals surface area contributed by atoms with Gasteiger partial charge in [-0.3, -0.25) is 9.59 Å². The molecule has 1 N–H and O–H groups in total. The highest BCUT2D eigenvalue weighted by atomic mass is 35.5. The first-order valence-corrected chi connectivity index (χ1v) is 7.17. The summed E-state index contributed by atoms with van der Waals surface area (Å²) < 4.78 is 0. The number of nitrogens with zero attached hydrogens (tertiary/aromatic N) is 1. The van der Waals surface area contributed by atoms with Gasteiger partial charge in [-0.15, -0.1) is 0 Å². The molecule has 7 heteroatoms. The number of anilines is 1. The lowest BCUT2D eigenvalue weighted by Gasteiger charge is -2.17. The van der Waals surface area contributed by atoms with E-state index in [-0.39, 0.29) is 32.1 Å². The van der Waals surface area contributed by atoms with Gasteiger partial charge in [-0.1, -0.05) is 35.0 Å². The van der Waals surface area contributed by atoms with Gasteiger partial charge in [-0.25, -0.2) is 0 Å². The molecule has 0 aromatic heterocycles. The van der Waals surface area contributed by atoms with E-state index in [1.54, 1.807) is 0 Å². The van der Waals surface area contributed by atoms with Crippen LogP contribution >= 0.6 is 35.0 Å². The molecular formula is C12H11Cl2NO3S. The number of phenolic OH excluding ortho intramolecular Hbond substituents is 1. The Hall–Kier alpha value is -0.910. The number of rotatable bonds is 2. The van der Waals surface area contributed by atoms with Gasteiger partial charge in [0, 0.05) is 30.8 Å². The molecule has 1 heterocycles. The summed E-state index contributed by atoms with van der Waals surface area (Å²) in [6.07, 6.45) is 0.306. The second-order valence-electron chi connectivity index (χ2n) is 4.20. The standard InChI is InChI=1S/C12H11Cl2NO3S/c1-6(16)19-8-4-11(17)15(5-8)7-2-9(13)12(18)10(14)3-7/h2-3,8,18H,4-5H2,1H3. The molecule has 1 fully saturated rings. The fraction of sp³-hybridized carbons (Fsp3) is 0.333. The summed E-state index contributed by atoms with van der Waals surface area (Å²) >= 11 is 12.8. The number of carbonyl (C=O) groups excluding carboxylic acids is 2. The highest BCUT2D eigenvalue weighted by Crippen LogP contribution is 2.38. The van der Waals surface area contributed by atoms with E-state index >= 15 is 0 Å². The number of halogens is 2. The molecule has 1 unspecified atom stereocenters. The molecule has 0 aliphatic carbocycles. The van der Waals surface area contributed by atoms with Crippen molar-refractivity contribution in [2.24, 2.45) is 0 Å². The summed E-state index contributed by atoms with van der Waals surface area (Å²) in [4.78, 5) is 24.5. The molecule has 102 valence electrons. The lowest BCUT2D eigenvalue weighted by atomic mass is 10.2. The van der Waals surface area contributed by atoms with Crippen molar-refractivity contribution in [1.29, 1.82) is 0 Å². The molecule has 1 aliphatic heterocycles. The van der Waals surface area contributed by atoms with Crippen LogP contribution in [-0.2, 0) is 9.59 Å². The van der Waals surface area contributed by atoms with Crippen molar-refractivity contribution in [3.8, 4) is 5.75 Å². The highest BCUT2D eigenvalue weighted by Gasteiger charge is 2.32. The van der Waals surface area contributed by atoms with Crippen LogP contribution in [0.5, 0.6) is 5.75 Å². The van der Waals surface area contributed by atoms with Crippen LogP contribution < -0.4 is 4.90 Å². The van der Waals surface area contributed by atoms with E-state index < -0.39 is 0 Å². The molecule has 1 saturated heterocycles. The lowest BCUT2D eigenvalue weighted by Crippen LogP contribution is -2.24. The van der Waals surface area contributed by atoms with Crippen LogP contribution in [0.1, 0.15) is 13.3 Å². The number of hydrogen-bond donors (Lipinski definition) is 1. The largest absolute Gasteiger partial charge is 0.505 e. The van der Waals surface area contributed by atoms with Gasteiger partial charge in [-0.2, -0.15) is 0 Å². The number of hydrogen-bond acceptors (Lipinski definition) is 4. The van der Waals surface area contributed by atoms with Crippen molar-refractivity contribution in [2.45, 2.75) is 18.6 Å². The van der Waals surface area contributed by atoms with E-state index in [2.05, 4.69) is 0 Å². The van der Waals surface area contributed by atoms with Crippen LogP contribution in [-0.4, -0.2) is 27.9 Å². The molecule has 19 heavy (non-hydrogen) atoms. The predicted molar refractivity (Wildman–Crippen MR) is 77.2 cm³/mol. The van der Waals surface area contributed by atoms with Gasteiger partial charge in [0.1, 0.15) is 0 Å². The molecule has 1 atom stereocenters. The minimum absolute atomic E-state index is 0.0126. The Bertz CT molecular complexity index is 527. The summed E-state index contributed by atoms with van der Waals surface area (Å²) in [5.74, 6) is -0.287. The van der Waals surface area contributed by atoms with Crippen molar-refractivity contribution in [3.05, 3.63) is 22.2 Å². The van der Waals surface area contributed by atoms with E-state index in [1.165, 1.54) is 24.0 Å². The molecule has 0 saturated carbocycles. The van der Waals surface area contributed by atoms with Crippen LogP contribution in [0.3, 0.4) is 0 Å². The molecule has 2 rings (SSSR count). The SMILES string of the molecule is CC(=O)SC1CC(=O)N(c2cc(Cl)c(O)c(Cl)c2)C1. The first-order chi connectivity index (χ1) is 8.88. The van der Waals surface area contributed by atoms with Crippen LogP contribution in [0.25, 0.3) is 0 Å². The van der Waals surface area contributed by atoms with E-state index in [4.69, 9.17) is 23.2 Å². The third kappa shape index (κ3) is 3.16. The fourth-order valence-corrected chi connectivity index (χ4v) is 3.34. The van der Waals surface area contributed by atoms with Crippen LogP contribution in [0, 0.1) is 0 Å². The molecule has 1 amide bonds. The second kappa shape index (κ2) is 5.61. The summed E-state index contributed by atoms with van der Waals surface area (Å²) in [6, 6.07) is 2.98. The minimum atomic E-state index is -0.201. The van der Waals surface area contributed by atoms with Gasteiger partial charge >= 0.3 is 0 Å². The van der Waals surface area contributed by atoms with Gasteiger partial charge in [0.25, 0.3) is 0 Å². The molecule has 1 aromatic carbocycles. The second-order valence-corrected chi connectivity index (χ2v) is 6.49. The van der Waals surface area contributed by atoms with E-state index in [9.17, 15) is 14.7 Å². The summed E-state index contributed by atoms with van der Waals surface area (Å²) in [6.45, 7) is 1.91. The van der Waals surface area contributed by atoms with E-state index in [1.807, 2.05) is 0 Å². The Balaban J connectivity index is 2.23. The van der Waals surface area contributed by atoms with Gasteiger partial charge in [-0.05, 0) is 12.1 Å². The third-order valence-electron chi connectivity index (χ3n) is 2.74. The van der Waals surface area contributed by atoms with Gasteiger partial charge in [0.2, 0.25) is 5.91 Å². The maximum absolute atomic E-state index is 11.9. The lowest BCUT2D eigenvalue weighted by molar-refractivity contribution is -0.117. The maximum Gasteiger partial charge on any atom is 0.228 e. The molecule has 0 spiro atoms. The Kier molecular flexibility index (Phi) is 4.28. The molecule has 4 nitrogen and oxygen atoms in total. The van der Waals surface area contributed by atoms with Crippen molar-refractivity contribution in [2.75, 3.05) is 11.4 Å². The Morgan fingerprint density at radius 2 is 2.00 bits per heavy atom. The average molecular weight is 320 g/mol. The zero-order chi connectivity index (χ0) is 14.2. The zero-order valence-electron chi connectivity index (χ0n) is 10.0. The number of thioether (sulfide) groups is 1. The van der Waals surface area contributed by atoms with Crippen molar-refractivity contribution >= 4 is 51.7 Å². The Labute approximate surface area is 124 Å². The van der Waals surface area contributed by atoms with Crippen LogP contribution in [0.4, 0.5) is 5.69 Å². The number of phenols is 1. The predicted octanol–water partition coefficient (Wildman–Crippen LogP) is 3.08. The number of amides is 1. The molecule has 1 aliphatic rings.